The Balaban J connectivity index is 1.44. The van der Waals surface area contributed by atoms with Gasteiger partial charge in [0, 0.05) is 64.8 Å². The van der Waals surface area contributed by atoms with Crippen molar-refractivity contribution < 1.29 is 86.2 Å². The van der Waals surface area contributed by atoms with E-state index in [1.807, 2.05) is 32.9 Å². The molecule has 0 unspecified atom stereocenters. The average Bonchev–Trinajstić information content (AvgIpc) is 3.88. The van der Waals surface area contributed by atoms with Crippen LogP contribution in [0.4, 0.5) is 0 Å². The molecular weight excluding hydrogens is 1140 g/mol. The summed E-state index contributed by atoms with van der Waals surface area (Å²) in [4.78, 5) is 119. The largest absolute Gasteiger partial charge is 0.495 e. The van der Waals surface area contributed by atoms with Gasteiger partial charge in [0.25, 0.3) is 0 Å². The van der Waals surface area contributed by atoms with Gasteiger partial charge in [-0.05, 0) is 79.8 Å². The molecule has 2 aliphatic heterocycles. The van der Waals surface area contributed by atoms with Gasteiger partial charge in [0.1, 0.15) is 36.1 Å². The Hall–Kier alpha value is -6.70. The Morgan fingerprint density at radius 3 is 2.08 bits per heavy atom. The van der Waals surface area contributed by atoms with Gasteiger partial charge in [-0.1, -0.05) is 82.6 Å². The number of amides is 6. The molecule has 0 bridgehead atoms. The second kappa shape index (κ2) is 37.1. The number of cyclic esters (lactones) is 2. The molecule has 2 aliphatic rings. The number of halogens is 1. The molecular formula is C61H89ClN6O18. The summed E-state index contributed by atoms with van der Waals surface area (Å²) in [6.07, 6.45) is -0.484. The smallest absolute Gasteiger partial charge is 0.347 e. The van der Waals surface area contributed by atoms with Gasteiger partial charge in [-0.2, -0.15) is 0 Å². The number of aliphatic carboxylic acids is 1. The molecule has 2 aromatic carbocycles. The molecule has 4 rings (SSSR count). The molecule has 6 amide bonds. The molecule has 2 aromatic rings. The fourth-order valence-electron chi connectivity index (χ4n) is 8.98. The van der Waals surface area contributed by atoms with E-state index in [0.717, 1.165) is 5.56 Å². The van der Waals surface area contributed by atoms with Crippen molar-refractivity contribution in [2.75, 3.05) is 73.6 Å². The molecule has 8 atom stereocenters. The summed E-state index contributed by atoms with van der Waals surface area (Å²) in [6, 6.07) is 8.90. The number of ether oxygens (including phenoxy) is 8. The van der Waals surface area contributed by atoms with E-state index < -0.39 is 113 Å². The topological polar surface area (TPSA) is 323 Å². The number of methoxy groups -OCH3 is 2. The van der Waals surface area contributed by atoms with E-state index >= 15 is 0 Å². The molecule has 24 nitrogen and oxygen atoms in total. The Bertz CT molecular complexity index is 2580. The first-order valence-electron chi connectivity index (χ1n) is 29.2. The predicted molar refractivity (Wildman–Crippen MR) is 315 cm³/mol. The Morgan fingerprint density at radius 2 is 1.45 bits per heavy atom. The highest BCUT2D eigenvalue weighted by molar-refractivity contribution is 6.32. The summed E-state index contributed by atoms with van der Waals surface area (Å²) in [5.41, 5.74) is 0.797. The summed E-state index contributed by atoms with van der Waals surface area (Å²) in [7, 11) is 3.07. The standard InChI is InChI=1S/C61H89ClN6O18/c1-37(2)32-48-59(77)84-46(12-10-13-50(70)66-45(34-41-18-22-47(80-9)43(62)33-41)57(75)65-36-61(6,7)60(78)85-48)39(5)54-55(86-54)42-19-16-40(17-20-42)35-64-56(74)44(67-58(76)53(38(3)4)68-51(71)14-11-15-52(72)73)21-23-49(69)63-24-25-81-28-29-83-31-30-82-27-26-79-8/h10,13,16-20,22,33,37-39,44-46,48,53-55H,11-12,14-15,21,23-32,34-36H2,1-9H3,(H,63,69)(H,64,74)(H,65,75)(H,66,70)(H,67,76)(H,68,71)(H,72,73)/b13-10+/t39-,44-,45+,46-,48-,53-,54+,55+/m0/s1. The maximum absolute atomic E-state index is 14.0. The van der Waals surface area contributed by atoms with Crippen molar-refractivity contribution in [3.63, 3.8) is 0 Å². The van der Waals surface area contributed by atoms with Crippen molar-refractivity contribution in [3.8, 4) is 5.75 Å². The van der Waals surface area contributed by atoms with Crippen LogP contribution in [0.15, 0.2) is 54.6 Å². The van der Waals surface area contributed by atoms with E-state index in [1.165, 1.54) is 13.2 Å². The van der Waals surface area contributed by atoms with Crippen LogP contribution >= 0.6 is 11.6 Å². The first kappa shape index (κ1) is 71.8. The zero-order valence-electron chi connectivity index (χ0n) is 51.0. The van der Waals surface area contributed by atoms with Gasteiger partial charge in [0.05, 0.1) is 69.9 Å². The third-order valence-corrected chi connectivity index (χ3v) is 14.4. The quantitative estimate of drug-likeness (QED) is 0.0293. The van der Waals surface area contributed by atoms with Gasteiger partial charge < -0.3 is 74.9 Å². The first-order chi connectivity index (χ1) is 40.9. The Morgan fingerprint density at radius 1 is 0.791 bits per heavy atom. The van der Waals surface area contributed by atoms with Crippen LogP contribution in [-0.2, 0) is 89.3 Å². The van der Waals surface area contributed by atoms with Crippen LogP contribution in [0.2, 0.25) is 5.02 Å². The fourth-order valence-corrected chi connectivity index (χ4v) is 9.26. The van der Waals surface area contributed by atoms with Gasteiger partial charge in [-0.3, -0.25) is 38.4 Å². The van der Waals surface area contributed by atoms with Crippen LogP contribution in [0.25, 0.3) is 0 Å². The second-order valence-corrected chi connectivity index (χ2v) is 23.0. The fraction of sp³-hybridized carbons (Fsp3) is 0.623. The minimum absolute atomic E-state index is 0.0251. The number of rotatable bonds is 34. The molecule has 25 heteroatoms. The van der Waals surface area contributed by atoms with Crippen LogP contribution in [0.5, 0.6) is 5.75 Å². The maximum atomic E-state index is 14.0. The van der Waals surface area contributed by atoms with Gasteiger partial charge in [0.2, 0.25) is 35.4 Å². The van der Waals surface area contributed by atoms with Crippen molar-refractivity contribution in [3.05, 3.63) is 76.3 Å². The van der Waals surface area contributed by atoms with E-state index in [4.69, 9.17) is 54.6 Å². The summed E-state index contributed by atoms with van der Waals surface area (Å²) in [6.45, 7) is 14.8. The highest BCUT2D eigenvalue weighted by atomic mass is 35.5. The van der Waals surface area contributed by atoms with E-state index in [9.17, 15) is 43.2 Å². The van der Waals surface area contributed by atoms with Crippen LogP contribution < -0.4 is 36.6 Å². The van der Waals surface area contributed by atoms with E-state index in [0.29, 0.717) is 61.5 Å². The van der Waals surface area contributed by atoms with Crippen LogP contribution in [-0.4, -0.2) is 168 Å². The molecule has 0 aromatic heterocycles. The molecule has 0 spiro atoms. The number of hydrogen-bond donors (Lipinski definition) is 7. The highest BCUT2D eigenvalue weighted by Gasteiger charge is 2.48. The minimum Gasteiger partial charge on any atom is -0.495 e. The molecule has 7 N–H and O–H groups in total. The zero-order valence-corrected chi connectivity index (χ0v) is 51.7. The third-order valence-electron chi connectivity index (χ3n) is 14.2. The molecule has 0 aliphatic carbocycles. The van der Waals surface area contributed by atoms with Crippen molar-refractivity contribution in [2.45, 2.75) is 149 Å². The van der Waals surface area contributed by atoms with Crippen molar-refractivity contribution in [2.24, 2.45) is 23.2 Å². The van der Waals surface area contributed by atoms with E-state index in [1.54, 1.807) is 71.2 Å². The maximum Gasteiger partial charge on any atom is 0.347 e. The lowest BCUT2D eigenvalue weighted by atomic mass is 9.92. The minimum atomic E-state index is -1.30. The van der Waals surface area contributed by atoms with Gasteiger partial charge in [-0.25, -0.2) is 4.79 Å². The molecule has 478 valence electrons. The number of epoxide rings is 1. The van der Waals surface area contributed by atoms with Gasteiger partial charge in [-0.15, -0.1) is 0 Å². The monoisotopic (exact) mass is 1230 g/mol. The Kier molecular flexibility index (Phi) is 31.0. The predicted octanol–water partition coefficient (Wildman–Crippen LogP) is 4.21. The first-order valence-corrected chi connectivity index (χ1v) is 29.6. The number of carbonyl (C=O) groups excluding carboxylic acids is 8. The normalized spacial score (nSPS) is 20.5. The lowest BCUT2D eigenvalue weighted by molar-refractivity contribution is -0.179. The summed E-state index contributed by atoms with van der Waals surface area (Å²) in [5.74, 6) is -6.42. The Labute approximate surface area is 508 Å². The lowest BCUT2D eigenvalue weighted by Crippen LogP contribution is -2.55. The SMILES string of the molecule is COCCOCCOCCOCCNC(=O)CC[C@H](NC(=O)[C@@H](NC(=O)CCCC(=O)O)C(C)C)C(=O)NCc1ccc([C@H]2O[C@@H]2[C@@H](C)[C@@H]2C/C=C/C(=O)N[C@H](Cc3ccc(OC)c(Cl)c3)C(=O)NCC(C)(C)C(=O)O[C@@H](CC(C)C)C(=O)O2)cc1. The number of carboxylic acids is 1. The molecule has 86 heavy (non-hydrogen) atoms. The third kappa shape index (κ3) is 25.7. The highest BCUT2D eigenvalue weighted by Crippen LogP contribution is 2.45. The van der Waals surface area contributed by atoms with Crippen molar-refractivity contribution >= 4 is 65.0 Å². The number of hydrogen-bond acceptors (Lipinski definition) is 17. The van der Waals surface area contributed by atoms with Crippen molar-refractivity contribution in [1.82, 2.24) is 31.9 Å². The van der Waals surface area contributed by atoms with Gasteiger partial charge >= 0.3 is 17.9 Å². The van der Waals surface area contributed by atoms with Crippen LogP contribution in [0, 0.1) is 23.2 Å². The lowest BCUT2D eigenvalue weighted by Gasteiger charge is -2.29. The number of carbonyl (C=O) groups is 9. The molecule has 2 heterocycles. The van der Waals surface area contributed by atoms with E-state index in [-0.39, 0.29) is 83.5 Å². The van der Waals surface area contributed by atoms with Gasteiger partial charge in [0.15, 0.2) is 6.10 Å². The second-order valence-electron chi connectivity index (χ2n) is 22.6. The summed E-state index contributed by atoms with van der Waals surface area (Å²) >= 11 is 6.39. The summed E-state index contributed by atoms with van der Waals surface area (Å²) in [5, 5.41) is 25.8. The molecule has 0 saturated carbocycles. The van der Waals surface area contributed by atoms with Crippen molar-refractivity contribution in [1.29, 1.82) is 0 Å². The molecule has 1 saturated heterocycles. The number of nitrogens with one attached hydrogen (secondary N) is 6. The average molecular weight is 1230 g/mol. The molecule has 1 fully saturated rings. The molecule has 0 radical (unpaired) electrons. The number of carboxylic acid groups (broad SMARTS) is 1. The van der Waals surface area contributed by atoms with E-state index in [2.05, 4.69) is 31.9 Å². The number of benzene rings is 2. The number of esters is 2. The zero-order chi connectivity index (χ0) is 63.3. The van der Waals surface area contributed by atoms with Crippen LogP contribution in [0.1, 0.15) is 116 Å². The van der Waals surface area contributed by atoms with Crippen LogP contribution in [0.3, 0.4) is 0 Å². The summed E-state index contributed by atoms with van der Waals surface area (Å²) < 4.78 is 44.8.